The fraction of sp³-hybridized carbons (Fsp3) is 0.435. The molecule has 1 aromatic carbocycles. The van der Waals surface area contributed by atoms with Crippen molar-refractivity contribution in [3.63, 3.8) is 0 Å². The van der Waals surface area contributed by atoms with Crippen molar-refractivity contribution in [2.24, 2.45) is 0 Å². The van der Waals surface area contributed by atoms with E-state index < -0.39 is 5.60 Å². The number of benzene rings is 1. The highest BCUT2D eigenvalue weighted by Crippen LogP contribution is 2.38. The molecule has 1 fully saturated rings. The summed E-state index contributed by atoms with van der Waals surface area (Å²) in [6.45, 7) is 8.09. The highest BCUT2D eigenvalue weighted by atomic mass is 32.1. The van der Waals surface area contributed by atoms with Gasteiger partial charge in [-0.3, -0.25) is 0 Å². The summed E-state index contributed by atoms with van der Waals surface area (Å²) < 4.78 is 0. The van der Waals surface area contributed by atoms with E-state index in [0.717, 1.165) is 58.3 Å². The Hall–Kier alpha value is -2.35. The van der Waals surface area contributed by atoms with Gasteiger partial charge in [0.05, 0.1) is 4.88 Å². The highest BCUT2D eigenvalue weighted by Gasteiger charge is 2.33. The van der Waals surface area contributed by atoms with Crippen LogP contribution in [0.15, 0.2) is 36.7 Å². The van der Waals surface area contributed by atoms with Crippen LogP contribution in [0.2, 0.25) is 0 Å². The second-order valence-corrected chi connectivity index (χ2v) is 9.37. The molecule has 2 aromatic heterocycles. The largest absolute Gasteiger partial charge is 0.383 e. The molecule has 0 radical (unpaired) electrons. The third kappa shape index (κ3) is 4.69. The van der Waals surface area contributed by atoms with Crippen LogP contribution in [0.4, 0.5) is 11.6 Å². The van der Waals surface area contributed by atoms with Gasteiger partial charge in [-0.05, 0) is 74.5 Å². The average Bonchev–Trinajstić information content (AvgIpc) is 3.12. The van der Waals surface area contributed by atoms with E-state index in [0.29, 0.717) is 18.3 Å². The molecule has 6 nitrogen and oxygen atoms in total. The first-order valence-electron chi connectivity index (χ1n) is 10.5. The summed E-state index contributed by atoms with van der Waals surface area (Å²) >= 11 is 1.58. The molecule has 0 amide bonds. The van der Waals surface area contributed by atoms with E-state index in [2.05, 4.69) is 64.6 Å². The van der Waals surface area contributed by atoms with Crippen LogP contribution in [-0.2, 0) is 5.60 Å². The fourth-order valence-electron chi connectivity index (χ4n) is 3.77. The Morgan fingerprint density at radius 1 is 1.17 bits per heavy atom. The zero-order valence-electron chi connectivity index (χ0n) is 17.8. The first-order chi connectivity index (χ1) is 14.4. The van der Waals surface area contributed by atoms with E-state index in [1.54, 1.807) is 17.5 Å². The van der Waals surface area contributed by atoms with E-state index in [1.807, 2.05) is 12.3 Å². The van der Waals surface area contributed by atoms with Gasteiger partial charge >= 0.3 is 0 Å². The van der Waals surface area contributed by atoms with Crippen LogP contribution in [0.5, 0.6) is 0 Å². The predicted molar refractivity (Wildman–Crippen MR) is 122 cm³/mol. The predicted octanol–water partition coefficient (Wildman–Crippen LogP) is 4.74. The Morgan fingerprint density at radius 3 is 2.87 bits per heavy atom. The standard InChI is InChI=1S/C23H29N5OS/c1-15(2)19-5-9-25-22(28-19)27-18-12-16(3)11-17(13-18)20-14-26-21(30-20)23(29)6-4-8-24-10-7-23/h5,9,11-15,24,29H,4,6-8,10H2,1-3H3,(H,25,27,28). The molecule has 1 aliphatic rings. The SMILES string of the molecule is Cc1cc(Nc2nccc(C(C)C)n2)cc(-c2cnc(C3(O)CCCNCC3)s2)c1. The lowest BCUT2D eigenvalue weighted by Crippen LogP contribution is -2.26. The van der Waals surface area contributed by atoms with Crippen LogP contribution in [0.1, 0.15) is 55.3 Å². The van der Waals surface area contributed by atoms with Gasteiger partial charge in [0.2, 0.25) is 5.95 Å². The topological polar surface area (TPSA) is 83.0 Å². The Bertz CT molecular complexity index is 1010. The molecule has 3 aromatic rings. The molecule has 0 spiro atoms. The van der Waals surface area contributed by atoms with Crippen molar-refractivity contribution in [3.05, 3.63) is 52.9 Å². The highest BCUT2D eigenvalue weighted by molar-refractivity contribution is 7.15. The quantitative estimate of drug-likeness (QED) is 0.550. The molecule has 30 heavy (non-hydrogen) atoms. The van der Waals surface area contributed by atoms with Crippen LogP contribution in [0.25, 0.3) is 10.4 Å². The normalized spacial score (nSPS) is 19.6. The molecule has 7 heteroatoms. The lowest BCUT2D eigenvalue weighted by molar-refractivity contribution is 0.0238. The van der Waals surface area contributed by atoms with Crippen LogP contribution >= 0.6 is 11.3 Å². The van der Waals surface area contributed by atoms with Crippen molar-refractivity contribution in [1.82, 2.24) is 20.3 Å². The molecule has 1 atom stereocenters. The van der Waals surface area contributed by atoms with Crippen molar-refractivity contribution >= 4 is 23.0 Å². The molecule has 3 heterocycles. The Kier molecular flexibility index (Phi) is 6.13. The number of anilines is 2. The van der Waals surface area contributed by atoms with Gasteiger partial charge in [0, 0.05) is 23.8 Å². The number of thiazole rings is 1. The number of aliphatic hydroxyl groups is 1. The monoisotopic (exact) mass is 423 g/mol. The number of nitrogens with zero attached hydrogens (tertiary/aromatic N) is 3. The van der Waals surface area contributed by atoms with Gasteiger partial charge in [-0.1, -0.05) is 19.9 Å². The summed E-state index contributed by atoms with van der Waals surface area (Å²) in [7, 11) is 0. The smallest absolute Gasteiger partial charge is 0.227 e. The van der Waals surface area contributed by atoms with Gasteiger partial charge in [-0.15, -0.1) is 11.3 Å². The van der Waals surface area contributed by atoms with Gasteiger partial charge in [0.25, 0.3) is 0 Å². The number of rotatable bonds is 5. The van der Waals surface area contributed by atoms with Crippen molar-refractivity contribution in [3.8, 4) is 10.4 Å². The molecule has 0 bridgehead atoms. The number of aryl methyl sites for hydroxylation is 1. The molecular formula is C23H29N5OS. The van der Waals surface area contributed by atoms with Crippen molar-refractivity contribution < 1.29 is 5.11 Å². The van der Waals surface area contributed by atoms with E-state index in [-0.39, 0.29) is 0 Å². The summed E-state index contributed by atoms with van der Waals surface area (Å²) in [5.41, 5.74) is 3.35. The zero-order valence-corrected chi connectivity index (χ0v) is 18.6. The Morgan fingerprint density at radius 2 is 2.03 bits per heavy atom. The molecule has 0 saturated carbocycles. The minimum absolute atomic E-state index is 0.349. The zero-order chi connectivity index (χ0) is 21.1. The second kappa shape index (κ2) is 8.79. The molecule has 1 aliphatic heterocycles. The minimum Gasteiger partial charge on any atom is -0.383 e. The van der Waals surface area contributed by atoms with Crippen molar-refractivity contribution in [2.45, 2.75) is 51.6 Å². The number of nitrogens with one attached hydrogen (secondary N) is 2. The third-order valence-corrected chi connectivity index (χ3v) is 6.69. The van der Waals surface area contributed by atoms with Crippen LogP contribution in [-0.4, -0.2) is 33.1 Å². The van der Waals surface area contributed by atoms with Crippen LogP contribution in [0.3, 0.4) is 0 Å². The van der Waals surface area contributed by atoms with E-state index >= 15 is 0 Å². The lowest BCUT2D eigenvalue weighted by atomic mass is 9.96. The maximum Gasteiger partial charge on any atom is 0.227 e. The average molecular weight is 424 g/mol. The molecule has 3 N–H and O–H groups in total. The molecular weight excluding hydrogens is 394 g/mol. The van der Waals surface area contributed by atoms with E-state index in [1.165, 1.54) is 0 Å². The number of hydrogen-bond donors (Lipinski definition) is 3. The molecule has 4 rings (SSSR count). The third-order valence-electron chi connectivity index (χ3n) is 5.45. The lowest BCUT2D eigenvalue weighted by Gasteiger charge is -2.23. The fourth-order valence-corrected chi connectivity index (χ4v) is 4.82. The maximum absolute atomic E-state index is 11.1. The van der Waals surface area contributed by atoms with Gasteiger partial charge in [0.15, 0.2) is 0 Å². The summed E-state index contributed by atoms with van der Waals surface area (Å²) in [5.74, 6) is 0.949. The summed E-state index contributed by atoms with van der Waals surface area (Å²) in [6.07, 6.45) is 6.07. The summed E-state index contributed by atoms with van der Waals surface area (Å²) in [4.78, 5) is 14.6. The van der Waals surface area contributed by atoms with Gasteiger partial charge in [-0.2, -0.15) is 0 Å². The minimum atomic E-state index is -0.831. The van der Waals surface area contributed by atoms with Crippen molar-refractivity contribution in [1.29, 1.82) is 0 Å². The van der Waals surface area contributed by atoms with Crippen LogP contribution < -0.4 is 10.6 Å². The van der Waals surface area contributed by atoms with Gasteiger partial charge < -0.3 is 15.7 Å². The first kappa shape index (κ1) is 20.9. The van der Waals surface area contributed by atoms with E-state index in [9.17, 15) is 5.11 Å². The summed E-state index contributed by atoms with van der Waals surface area (Å²) in [6, 6.07) is 8.27. The molecule has 1 unspecified atom stereocenters. The number of hydrogen-bond acceptors (Lipinski definition) is 7. The molecule has 0 aliphatic carbocycles. The molecule has 1 saturated heterocycles. The van der Waals surface area contributed by atoms with Crippen LogP contribution in [0, 0.1) is 6.92 Å². The second-order valence-electron chi connectivity index (χ2n) is 8.34. The summed E-state index contributed by atoms with van der Waals surface area (Å²) in [5, 5.41) is 18.6. The maximum atomic E-state index is 11.1. The van der Waals surface area contributed by atoms with Gasteiger partial charge in [-0.25, -0.2) is 15.0 Å². The Balaban J connectivity index is 1.59. The first-order valence-corrected chi connectivity index (χ1v) is 11.4. The number of aromatic nitrogens is 3. The van der Waals surface area contributed by atoms with Crippen molar-refractivity contribution in [2.75, 3.05) is 18.4 Å². The van der Waals surface area contributed by atoms with Gasteiger partial charge in [0.1, 0.15) is 10.6 Å². The molecule has 158 valence electrons. The van der Waals surface area contributed by atoms with E-state index in [4.69, 9.17) is 0 Å². The Labute approximate surface area is 181 Å².